The van der Waals surface area contributed by atoms with E-state index in [2.05, 4.69) is 0 Å². The predicted octanol–water partition coefficient (Wildman–Crippen LogP) is 2.50. The molecule has 1 aliphatic carbocycles. The van der Waals surface area contributed by atoms with Crippen molar-refractivity contribution in [2.75, 3.05) is 13.2 Å². The van der Waals surface area contributed by atoms with Gasteiger partial charge in [-0.05, 0) is 36.8 Å². The first-order chi connectivity index (χ1) is 11.4. The van der Waals surface area contributed by atoms with Crippen LogP contribution in [0.1, 0.15) is 18.4 Å². The van der Waals surface area contributed by atoms with Crippen LogP contribution in [0, 0.1) is 5.82 Å². The molecule has 2 N–H and O–H groups in total. The fourth-order valence-corrected chi connectivity index (χ4v) is 5.57. The second kappa shape index (κ2) is 6.27. The van der Waals surface area contributed by atoms with Crippen LogP contribution in [0.3, 0.4) is 0 Å². The molecule has 1 saturated carbocycles. The van der Waals surface area contributed by atoms with Crippen molar-refractivity contribution < 1.29 is 17.5 Å². The summed E-state index contributed by atoms with van der Waals surface area (Å²) < 4.78 is 44.6. The molecule has 3 unspecified atom stereocenters. The first-order valence-corrected chi connectivity index (χ1v) is 9.37. The molecule has 6 heteroatoms. The highest BCUT2D eigenvalue weighted by Crippen LogP contribution is 2.55. The number of halogens is 1. The number of hydrogen-bond acceptors (Lipinski definition) is 4. The predicted molar refractivity (Wildman–Crippen MR) is 90.0 cm³/mol. The lowest BCUT2D eigenvalue weighted by atomic mass is 10.1. The molecular weight excluding hydrogens is 329 g/mol. The van der Waals surface area contributed by atoms with Crippen LogP contribution in [0.2, 0.25) is 0 Å². The molecule has 0 radical (unpaired) electrons. The summed E-state index contributed by atoms with van der Waals surface area (Å²) in [5.41, 5.74) is 6.12. The van der Waals surface area contributed by atoms with E-state index in [9.17, 15) is 12.8 Å². The van der Waals surface area contributed by atoms with Crippen molar-refractivity contribution in [2.45, 2.75) is 28.5 Å². The van der Waals surface area contributed by atoms with E-state index in [0.717, 1.165) is 0 Å². The standard InChI is InChI=1S/C18H20FNO3S/c1-2-23-12-18(20)16(13-8-10-14(19)11-9-13)17(18)24(21,22)15-6-4-3-5-7-15/h3-11,16-17H,2,12,20H2,1H3. The summed E-state index contributed by atoms with van der Waals surface area (Å²) in [5.74, 6) is -0.788. The van der Waals surface area contributed by atoms with E-state index in [1.54, 1.807) is 42.5 Å². The van der Waals surface area contributed by atoms with Crippen LogP contribution in [0.25, 0.3) is 0 Å². The molecule has 24 heavy (non-hydrogen) atoms. The molecule has 0 aromatic heterocycles. The van der Waals surface area contributed by atoms with Crippen LogP contribution < -0.4 is 5.73 Å². The van der Waals surface area contributed by atoms with Crippen molar-refractivity contribution in [3.05, 3.63) is 66.0 Å². The van der Waals surface area contributed by atoms with E-state index < -0.39 is 26.5 Å². The van der Waals surface area contributed by atoms with Gasteiger partial charge in [0, 0.05) is 12.5 Å². The molecule has 2 aromatic carbocycles. The van der Waals surface area contributed by atoms with Crippen molar-refractivity contribution in [1.82, 2.24) is 0 Å². The Balaban J connectivity index is 1.99. The van der Waals surface area contributed by atoms with Gasteiger partial charge >= 0.3 is 0 Å². The smallest absolute Gasteiger partial charge is 0.183 e. The first-order valence-electron chi connectivity index (χ1n) is 7.82. The summed E-state index contributed by atoms with van der Waals surface area (Å²) in [4.78, 5) is 0.242. The van der Waals surface area contributed by atoms with Crippen molar-refractivity contribution in [3.63, 3.8) is 0 Å². The molecular formula is C18H20FNO3S. The monoisotopic (exact) mass is 349 g/mol. The van der Waals surface area contributed by atoms with Crippen LogP contribution in [-0.2, 0) is 14.6 Å². The van der Waals surface area contributed by atoms with Gasteiger partial charge in [0.05, 0.1) is 22.3 Å². The maximum absolute atomic E-state index is 13.2. The topological polar surface area (TPSA) is 69.4 Å². The summed E-state index contributed by atoms with van der Waals surface area (Å²) in [7, 11) is -3.61. The maximum Gasteiger partial charge on any atom is 0.183 e. The van der Waals surface area contributed by atoms with Crippen LogP contribution in [0.4, 0.5) is 4.39 Å². The zero-order chi connectivity index (χ0) is 17.4. The minimum atomic E-state index is -3.61. The molecule has 0 aliphatic heterocycles. The Hall–Kier alpha value is -1.76. The molecule has 3 atom stereocenters. The van der Waals surface area contributed by atoms with Gasteiger partial charge in [0.2, 0.25) is 0 Å². The molecule has 3 rings (SSSR count). The highest BCUT2D eigenvalue weighted by atomic mass is 32.2. The lowest BCUT2D eigenvalue weighted by Gasteiger charge is -2.12. The van der Waals surface area contributed by atoms with E-state index in [-0.39, 0.29) is 17.3 Å². The van der Waals surface area contributed by atoms with Crippen molar-refractivity contribution in [3.8, 4) is 0 Å². The van der Waals surface area contributed by atoms with E-state index >= 15 is 0 Å². The lowest BCUT2D eigenvalue weighted by molar-refractivity contribution is 0.125. The third-order valence-electron chi connectivity index (χ3n) is 4.49. The van der Waals surface area contributed by atoms with Crippen LogP contribution in [-0.4, -0.2) is 32.4 Å². The van der Waals surface area contributed by atoms with Crippen molar-refractivity contribution in [1.29, 1.82) is 0 Å². The quantitative estimate of drug-likeness (QED) is 0.870. The third kappa shape index (κ3) is 2.85. The summed E-state index contributed by atoms with van der Waals surface area (Å²) in [6.45, 7) is 2.43. The molecule has 4 nitrogen and oxygen atoms in total. The fraction of sp³-hybridized carbons (Fsp3) is 0.333. The normalized spacial score (nSPS) is 26.3. The van der Waals surface area contributed by atoms with E-state index in [1.807, 2.05) is 6.92 Å². The molecule has 1 fully saturated rings. The zero-order valence-electron chi connectivity index (χ0n) is 13.4. The van der Waals surface area contributed by atoms with Crippen LogP contribution in [0.5, 0.6) is 0 Å². The Morgan fingerprint density at radius 2 is 1.75 bits per heavy atom. The molecule has 0 amide bonds. The van der Waals surface area contributed by atoms with Crippen molar-refractivity contribution in [2.24, 2.45) is 5.73 Å². The molecule has 0 spiro atoms. The Morgan fingerprint density at radius 3 is 2.33 bits per heavy atom. The second-order valence-corrected chi connectivity index (χ2v) is 8.13. The molecule has 1 aliphatic rings. The highest BCUT2D eigenvalue weighted by Gasteiger charge is 2.69. The lowest BCUT2D eigenvalue weighted by Crippen LogP contribution is -2.36. The number of rotatable bonds is 6. The number of sulfone groups is 1. The Labute approximate surface area is 141 Å². The largest absolute Gasteiger partial charge is 0.380 e. The minimum absolute atomic E-state index is 0.141. The van der Waals surface area contributed by atoms with Gasteiger partial charge in [-0.3, -0.25) is 0 Å². The van der Waals surface area contributed by atoms with Crippen molar-refractivity contribution >= 4 is 9.84 Å². The van der Waals surface area contributed by atoms with Gasteiger partial charge in [0.1, 0.15) is 5.82 Å². The Kier molecular flexibility index (Phi) is 4.46. The molecule has 0 saturated heterocycles. The van der Waals surface area contributed by atoms with Gasteiger partial charge in [-0.15, -0.1) is 0 Å². The molecule has 128 valence electrons. The van der Waals surface area contributed by atoms with Gasteiger partial charge in [-0.2, -0.15) is 0 Å². The van der Waals surface area contributed by atoms with E-state index in [0.29, 0.717) is 12.2 Å². The third-order valence-corrected chi connectivity index (χ3v) is 6.80. The number of nitrogens with two attached hydrogens (primary N) is 1. The minimum Gasteiger partial charge on any atom is -0.380 e. The van der Waals surface area contributed by atoms with Gasteiger partial charge in [-0.1, -0.05) is 30.3 Å². The summed E-state index contributed by atoms with van der Waals surface area (Å²) >= 11 is 0. The average molecular weight is 349 g/mol. The Bertz CT molecular complexity index is 808. The van der Waals surface area contributed by atoms with Gasteiger partial charge in [0.15, 0.2) is 9.84 Å². The summed E-state index contributed by atoms with van der Waals surface area (Å²) in [6.07, 6.45) is 0. The molecule has 2 aromatic rings. The summed E-state index contributed by atoms with van der Waals surface area (Å²) in [6, 6.07) is 14.1. The van der Waals surface area contributed by atoms with Crippen LogP contribution in [0.15, 0.2) is 59.5 Å². The fourth-order valence-electron chi connectivity index (χ4n) is 3.25. The van der Waals surface area contributed by atoms with Crippen LogP contribution >= 0.6 is 0 Å². The first kappa shape index (κ1) is 17.1. The highest BCUT2D eigenvalue weighted by molar-refractivity contribution is 7.92. The molecule has 0 bridgehead atoms. The number of ether oxygens (including phenoxy) is 1. The van der Waals surface area contributed by atoms with E-state index in [1.165, 1.54) is 12.1 Å². The Morgan fingerprint density at radius 1 is 1.12 bits per heavy atom. The average Bonchev–Trinajstić information content (AvgIpc) is 3.21. The SMILES string of the molecule is CCOCC1(N)C(c2ccc(F)cc2)C1S(=O)(=O)c1ccccc1. The zero-order valence-corrected chi connectivity index (χ0v) is 14.2. The van der Waals surface area contributed by atoms with E-state index in [4.69, 9.17) is 10.5 Å². The number of hydrogen-bond donors (Lipinski definition) is 1. The second-order valence-electron chi connectivity index (χ2n) is 6.06. The van der Waals surface area contributed by atoms with Gasteiger partial charge in [-0.25, -0.2) is 12.8 Å². The molecule has 0 heterocycles. The van der Waals surface area contributed by atoms with Gasteiger partial charge < -0.3 is 10.5 Å². The van der Waals surface area contributed by atoms with Gasteiger partial charge in [0.25, 0.3) is 0 Å². The number of benzene rings is 2. The summed E-state index contributed by atoms with van der Waals surface area (Å²) in [5, 5.41) is -0.788. The maximum atomic E-state index is 13.2.